The molecule has 0 saturated carbocycles. The topological polar surface area (TPSA) is 62.7 Å². The summed E-state index contributed by atoms with van der Waals surface area (Å²) < 4.78 is 5.64. The highest BCUT2D eigenvalue weighted by atomic mass is 16.3. The van der Waals surface area contributed by atoms with Crippen molar-refractivity contribution in [2.75, 3.05) is 18.0 Å². The molecule has 1 saturated heterocycles. The Morgan fingerprint density at radius 1 is 1.23 bits per heavy atom. The molecule has 1 fully saturated rings. The van der Waals surface area contributed by atoms with Gasteiger partial charge in [-0.05, 0) is 56.8 Å². The van der Waals surface area contributed by atoms with Crippen molar-refractivity contribution in [1.82, 2.24) is 4.90 Å². The molecule has 0 spiro atoms. The third kappa shape index (κ3) is 2.90. The largest absolute Gasteiger partial charge is 0.459 e. The minimum absolute atomic E-state index is 0.00594. The van der Waals surface area contributed by atoms with E-state index in [1.54, 1.807) is 6.26 Å². The molecule has 2 aromatic rings. The Balaban J connectivity index is 1.55. The van der Waals surface area contributed by atoms with Crippen LogP contribution in [0.15, 0.2) is 41.0 Å². The first-order chi connectivity index (χ1) is 12.6. The molecule has 5 nitrogen and oxygen atoms in total. The van der Waals surface area contributed by atoms with Gasteiger partial charge in [0.2, 0.25) is 0 Å². The SMILES string of the molecule is CC1CC(CN)CN1C(=O)c1occc1CN1c2ccccc2CC1C. The second-order valence-corrected chi connectivity index (χ2v) is 7.73. The van der Waals surface area contributed by atoms with Crippen molar-refractivity contribution in [2.45, 2.75) is 45.3 Å². The van der Waals surface area contributed by atoms with Gasteiger partial charge in [-0.3, -0.25) is 4.79 Å². The van der Waals surface area contributed by atoms with Crippen molar-refractivity contribution in [2.24, 2.45) is 11.7 Å². The van der Waals surface area contributed by atoms with Crippen molar-refractivity contribution < 1.29 is 9.21 Å². The number of anilines is 1. The molecular formula is C21H27N3O2. The fraction of sp³-hybridized carbons (Fsp3) is 0.476. The number of hydrogen-bond donors (Lipinski definition) is 1. The van der Waals surface area contributed by atoms with Crippen LogP contribution in [0.2, 0.25) is 0 Å². The predicted octanol–water partition coefficient (Wildman–Crippen LogP) is 3.04. The lowest BCUT2D eigenvalue weighted by molar-refractivity contribution is 0.0709. The maximum atomic E-state index is 13.1. The number of furan rings is 1. The number of carbonyl (C=O) groups is 1. The van der Waals surface area contributed by atoms with Crippen LogP contribution in [0.25, 0.3) is 0 Å². The quantitative estimate of drug-likeness (QED) is 0.918. The lowest BCUT2D eigenvalue weighted by Crippen LogP contribution is -2.35. The Hall–Kier alpha value is -2.27. The molecule has 2 aliphatic heterocycles. The normalized spacial score (nSPS) is 25.0. The van der Waals surface area contributed by atoms with Crippen LogP contribution >= 0.6 is 0 Å². The highest BCUT2D eigenvalue weighted by molar-refractivity contribution is 5.93. The van der Waals surface area contributed by atoms with E-state index < -0.39 is 0 Å². The first-order valence-electron chi connectivity index (χ1n) is 9.50. The lowest BCUT2D eigenvalue weighted by Gasteiger charge is -2.26. The van der Waals surface area contributed by atoms with Crippen LogP contribution in [-0.2, 0) is 13.0 Å². The Kier molecular flexibility index (Phi) is 4.49. The smallest absolute Gasteiger partial charge is 0.290 e. The second-order valence-electron chi connectivity index (χ2n) is 7.73. The van der Waals surface area contributed by atoms with Gasteiger partial charge >= 0.3 is 0 Å². The molecule has 26 heavy (non-hydrogen) atoms. The van der Waals surface area contributed by atoms with E-state index in [4.69, 9.17) is 10.2 Å². The molecule has 5 heteroatoms. The Morgan fingerprint density at radius 2 is 2.04 bits per heavy atom. The third-order valence-corrected chi connectivity index (χ3v) is 5.89. The molecule has 0 radical (unpaired) electrons. The van der Waals surface area contributed by atoms with Crippen molar-refractivity contribution in [3.05, 3.63) is 53.5 Å². The van der Waals surface area contributed by atoms with E-state index in [2.05, 4.69) is 43.0 Å². The molecule has 0 bridgehead atoms. The molecule has 3 heterocycles. The standard InChI is InChI=1S/C21H27N3O2/c1-14-9-16(11-22)12-24(14)21(25)20-18(7-8-26-20)13-23-15(2)10-17-5-3-4-6-19(17)23/h3-8,14-16H,9-13,22H2,1-2H3. The summed E-state index contributed by atoms with van der Waals surface area (Å²) in [5.41, 5.74) is 9.40. The van der Waals surface area contributed by atoms with Crippen LogP contribution in [0.3, 0.4) is 0 Å². The van der Waals surface area contributed by atoms with Gasteiger partial charge in [0, 0.05) is 36.4 Å². The molecule has 2 aliphatic rings. The summed E-state index contributed by atoms with van der Waals surface area (Å²) in [5.74, 6) is 0.859. The molecule has 138 valence electrons. The maximum Gasteiger partial charge on any atom is 0.290 e. The van der Waals surface area contributed by atoms with Crippen molar-refractivity contribution in [3.63, 3.8) is 0 Å². The minimum Gasteiger partial charge on any atom is -0.459 e. The number of nitrogens with zero attached hydrogens (tertiary/aromatic N) is 2. The summed E-state index contributed by atoms with van der Waals surface area (Å²) in [4.78, 5) is 17.4. The highest BCUT2D eigenvalue weighted by Crippen LogP contribution is 2.34. The number of rotatable bonds is 4. The molecule has 1 aromatic heterocycles. The second kappa shape index (κ2) is 6.80. The zero-order valence-corrected chi connectivity index (χ0v) is 15.5. The number of amides is 1. The molecule has 1 aromatic carbocycles. The monoisotopic (exact) mass is 353 g/mol. The number of para-hydroxylation sites is 1. The van der Waals surface area contributed by atoms with Gasteiger partial charge in [0.25, 0.3) is 5.91 Å². The number of benzene rings is 1. The summed E-state index contributed by atoms with van der Waals surface area (Å²) in [6.45, 7) is 6.37. The van der Waals surface area contributed by atoms with Gasteiger partial charge in [0.05, 0.1) is 6.26 Å². The van der Waals surface area contributed by atoms with Gasteiger partial charge in [-0.25, -0.2) is 0 Å². The van der Waals surface area contributed by atoms with E-state index in [1.165, 1.54) is 11.3 Å². The van der Waals surface area contributed by atoms with E-state index >= 15 is 0 Å². The van der Waals surface area contributed by atoms with E-state index in [9.17, 15) is 4.79 Å². The third-order valence-electron chi connectivity index (χ3n) is 5.89. The van der Waals surface area contributed by atoms with Gasteiger partial charge in [-0.15, -0.1) is 0 Å². The molecule has 0 aliphatic carbocycles. The van der Waals surface area contributed by atoms with Crippen molar-refractivity contribution in [1.29, 1.82) is 0 Å². The number of fused-ring (bicyclic) bond motifs is 1. The van der Waals surface area contributed by atoms with Crippen LogP contribution in [0.5, 0.6) is 0 Å². The molecule has 4 rings (SSSR count). The number of carbonyl (C=O) groups excluding carboxylic acids is 1. The molecule has 3 atom stereocenters. The lowest BCUT2D eigenvalue weighted by atomic mass is 10.1. The van der Waals surface area contributed by atoms with E-state index in [0.717, 1.165) is 24.9 Å². The number of likely N-dealkylation sites (tertiary alicyclic amines) is 1. The van der Waals surface area contributed by atoms with Crippen LogP contribution in [0, 0.1) is 5.92 Å². The average Bonchev–Trinajstić information content (AvgIpc) is 3.33. The van der Waals surface area contributed by atoms with Crippen LogP contribution in [-0.4, -0.2) is 36.0 Å². The van der Waals surface area contributed by atoms with Gasteiger partial charge in [-0.1, -0.05) is 18.2 Å². The van der Waals surface area contributed by atoms with E-state index in [1.807, 2.05) is 11.0 Å². The van der Waals surface area contributed by atoms with Gasteiger partial charge in [-0.2, -0.15) is 0 Å². The van der Waals surface area contributed by atoms with Gasteiger partial charge in [0.15, 0.2) is 5.76 Å². The minimum atomic E-state index is -0.00594. The summed E-state index contributed by atoms with van der Waals surface area (Å²) >= 11 is 0. The Labute approximate surface area is 154 Å². The fourth-order valence-corrected chi connectivity index (χ4v) is 4.43. The first-order valence-corrected chi connectivity index (χ1v) is 9.50. The predicted molar refractivity (Wildman–Crippen MR) is 102 cm³/mol. The number of nitrogens with two attached hydrogens (primary N) is 1. The highest BCUT2D eigenvalue weighted by Gasteiger charge is 2.35. The van der Waals surface area contributed by atoms with Crippen LogP contribution < -0.4 is 10.6 Å². The molecular weight excluding hydrogens is 326 g/mol. The van der Waals surface area contributed by atoms with Crippen LogP contribution in [0.4, 0.5) is 5.69 Å². The zero-order chi connectivity index (χ0) is 18.3. The van der Waals surface area contributed by atoms with Crippen molar-refractivity contribution >= 4 is 11.6 Å². The zero-order valence-electron chi connectivity index (χ0n) is 15.5. The van der Waals surface area contributed by atoms with Gasteiger partial charge in [0.1, 0.15) is 0 Å². The Morgan fingerprint density at radius 3 is 2.81 bits per heavy atom. The van der Waals surface area contributed by atoms with Gasteiger partial charge < -0.3 is 20.0 Å². The molecule has 1 amide bonds. The summed E-state index contributed by atoms with van der Waals surface area (Å²) in [7, 11) is 0. The summed E-state index contributed by atoms with van der Waals surface area (Å²) in [6, 6.07) is 11.1. The maximum absolute atomic E-state index is 13.1. The van der Waals surface area contributed by atoms with Crippen molar-refractivity contribution in [3.8, 4) is 0 Å². The number of hydrogen-bond acceptors (Lipinski definition) is 4. The van der Waals surface area contributed by atoms with E-state index in [-0.39, 0.29) is 11.9 Å². The summed E-state index contributed by atoms with van der Waals surface area (Å²) in [6.07, 6.45) is 3.64. The molecule has 3 unspecified atom stereocenters. The van der Waals surface area contributed by atoms with Crippen LogP contribution in [0.1, 0.15) is 41.9 Å². The van der Waals surface area contributed by atoms with E-state index in [0.29, 0.717) is 30.8 Å². The summed E-state index contributed by atoms with van der Waals surface area (Å²) in [5, 5.41) is 0. The average molecular weight is 353 g/mol. The fourth-order valence-electron chi connectivity index (χ4n) is 4.43. The first kappa shape index (κ1) is 17.2. The Bertz CT molecular complexity index is 800. The molecule has 2 N–H and O–H groups in total.